The lowest BCUT2D eigenvalue weighted by Gasteiger charge is -2.23. The number of para-hydroxylation sites is 1. The number of fused-ring (bicyclic) bond motifs is 2. The largest absolute Gasteiger partial charge is 0.454 e. The molecule has 0 spiro atoms. The molecule has 0 fully saturated rings. The molecule has 110 valence electrons. The first-order valence-electron chi connectivity index (χ1n) is 7.27. The summed E-state index contributed by atoms with van der Waals surface area (Å²) in [4.78, 5) is 12.1. The molecule has 22 heavy (non-hydrogen) atoms. The minimum Gasteiger partial charge on any atom is -0.454 e. The number of rotatable bonds is 2. The van der Waals surface area contributed by atoms with Crippen molar-refractivity contribution < 1.29 is 14.3 Å². The number of ether oxygens (including phenoxy) is 2. The van der Waals surface area contributed by atoms with E-state index in [1.165, 1.54) is 0 Å². The molecule has 2 aliphatic rings. The van der Waals surface area contributed by atoms with Crippen molar-refractivity contribution in [2.75, 3.05) is 6.79 Å². The molecule has 2 aromatic carbocycles. The minimum atomic E-state index is -0.0191. The Morgan fingerprint density at radius 1 is 1.09 bits per heavy atom. The number of amides is 1. The summed E-state index contributed by atoms with van der Waals surface area (Å²) in [5.41, 5.74) is 2.81. The summed E-state index contributed by atoms with van der Waals surface area (Å²) >= 11 is 0. The number of hydrogen-bond acceptors (Lipinski definition) is 3. The van der Waals surface area contributed by atoms with Gasteiger partial charge in [0.2, 0.25) is 6.79 Å². The van der Waals surface area contributed by atoms with Gasteiger partial charge in [0.05, 0.1) is 6.04 Å². The maximum absolute atomic E-state index is 12.1. The van der Waals surface area contributed by atoms with Crippen LogP contribution >= 0.6 is 0 Å². The van der Waals surface area contributed by atoms with E-state index < -0.39 is 0 Å². The van der Waals surface area contributed by atoms with E-state index in [1.807, 2.05) is 54.6 Å². The standard InChI is InChI=1S/C18H15NO3/c20-18-15-6-2-1-4-13(15)10-14(19-18)9-8-12-5-3-7-16-17(12)22-11-21-16/h1-9,14H,10-11H2,(H,19,20)/b9-8+/t14-/m0/s1. The van der Waals surface area contributed by atoms with Crippen LogP contribution in [0.4, 0.5) is 0 Å². The fourth-order valence-electron chi connectivity index (χ4n) is 2.87. The van der Waals surface area contributed by atoms with Crippen LogP contribution in [0.1, 0.15) is 21.5 Å². The Morgan fingerprint density at radius 3 is 2.95 bits per heavy atom. The molecule has 0 aliphatic carbocycles. The highest BCUT2D eigenvalue weighted by Gasteiger charge is 2.22. The highest BCUT2D eigenvalue weighted by molar-refractivity contribution is 5.97. The van der Waals surface area contributed by atoms with Crippen LogP contribution in [-0.2, 0) is 6.42 Å². The van der Waals surface area contributed by atoms with Crippen LogP contribution in [0.5, 0.6) is 11.5 Å². The van der Waals surface area contributed by atoms with Crippen molar-refractivity contribution in [3.05, 3.63) is 65.2 Å². The van der Waals surface area contributed by atoms with E-state index in [2.05, 4.69) is 5.32 Å². The molecule has 1 N–H and O–H groups in total. The van der Waals surface area contributed by atoms with Gasteiger partial charge in [-0.1, -0.05) is 42.5 Å². The Hall–Kier alpha value is -2.75. The third kappa shape index (κ3) is 2.22. The van der Waals surface area contributed by atoms with Gasteiger partial charge in [0.1, 0.15) is 0 Å². The predicted octanol–water partition coefficient (Wildman–Crippen LogP) is 2.78. The molecule has 4 nitrogen and oxygen atoms in total. The van der Waals surface area contributed by atoms with Gasteiger partial charge in [-0.2, -0.15) is 0 Å². The zero-order chi connectivity index (χ0) is 14.9. The first-order chi connectivity index (χ1) is 10.8. The average molecular weight is 293 g/mol. The maximum Gasteiger partial charge on any atom is 0.252 e. The van der Waals surface area contributed by atoms with Gasteiger partial charge in [-0.3, -0.25) is 4.79 Å². The average Bonchev–Trinajstić information content (AvgIpc) is 3.02. The molecule has 4 rings (SSSR count). The van der Waals surface area contributed by atoms with Gasteiger partial charge in [-0.25, -0.2) is 0 Å². The molecule has 2 heterocycles. The molecule has 0 bridgehead atoms. The number of benzene rings is 2. The van der Waals surface area contributed by atoms with Gasteiger partial charge in [0.15, 0.2) is 11.5 Å². The van der Waals surface area contributed by atoms with Gasteiger partial charge in [-0.15, -0.1) is 0 Å². The van der Waals surface area contributed by atoms with E-state index in [-0.39, 0.29) is 18.7 Å². The molecule has 1 amide bonds. The van der Waals surface area contributed by atoms with E-state index in [1.54, 1.807) is 0 Å². The highest BCUT2D eigenvalue weighted by Crippen LogP contribution is 2.36. The predicted molar refractivity (Wildman–Crippen MR) is 83.0 cm³/mol. The fraction of sp³-hybridized carbons (Fsp3) is 0.167. The van der Waals surface area contributed by atoms with Crippen LogP contribution in [0, 0.1) is 0 Å². The zero-order valence-corrected chi connectivity index (χ0v) is 11.9. The van der Waals surface area contributed by atoms with Gasteiger partial charge in [0.25, 0.3) is 5.91 Å². The maximum atomic E-state index is 12.1. The van der Waals surface area contributed by atoms with Crippen molar-refractivity contribution in [3.63, 3.8) is 0 Å². The summed E-state index contributed by atoms with van der Waals surface area (Å²) in [6.45, 7) is 0.258. The number of carbonyl (C=O) groups is 1. The third-order valence-electron chi connectivity index (χ3n) is 3.95. The van der Waals surface area contributed by atoms with Crippen molar-refractivity contribution in [1.82, 2.24) is 5.32 Å². The molecular weight excluding hydrogens is 278 g/mol. The van der Waals surface area contributed by atoms with E-state index in [0.29, 0.717) is 0 Å². The van der Waals surface area contributed by atoms with Crippen molar-refractivity contribution in [2.24, 2.45) is 0 Å². The van der Waals surface area contributed by atoms with Gasteiger partial charge in [-0.05, 0) is 24.1 Å². The quantitative estimate of drug-likeness (QED) is 0.926. The fourth-order valence-corrected chi connectivity index (χ4v) is 2.87. The first kappa shape index (κ1) is 13.0. The van der Waals surface area contributed by atoms with Gasteiger partial charge < -0.3 is 14.8 Å². The molecular formula is C18H15NO3. The Labute approximate surface area is 128 Å². The lowest BCUT2D eigenvalue weighted by atomic mass is 9.95. The molecule has 1 atom stereocenters. The normalized spacial score (nSPS) is 19.1. The molecule has 0 unspecified atom stereocenters. The summed E-state index contributed by atoms with van der Waals surface area (Å²) in [5, 5.41) is 3.01. The number of hydrogen-bond donors (Lipinski definition) is 1. The minimum absolute atomic E-state index is 0.0134. The molecule has 2 aliphatic heterocycles. The lowest BCUT2D eigenvalue weighted by Crippen LogP contribution is -2.39. The van der Waals surface area contributed by atoms with Crippen molar-refractivity contribution in [2.45, 2.75) is 12.5 Å². The summed E-state index contributed by atoms with van der Waals surface area (Å²) in [5.74, 6) is 1.51. The summed E-state index contributed by atoms with van der Waals surface area (Å²) in [7, 11) is 0. The Kier molecular flexibility index (Phi) is 3.07. The van der Waals surface area contributed by atoms with E-state index in [9.17, 15) is 4.79 Å². The third-order valence-corrected chi connectivity index (χ3v) is 3.95. The van der Waals surface area contributed by atoms with Crippen molar-refractivity contribution in [3.8, 4) is 11.5 Å². The molecule has 0 aromatic heterocycles. The second-order valence-electron chi connectivity index (χ2n) is 5.38. The Morgan fingerprint density at radius 2 is 2.00 bits per heavy atom. The van der Waals surface area contributed by atoms with Gasteiger partial charge >= 0.3 is 0 Å². The highest BCUT2D eigenvalue weighted by atomic mass is 16.7. The molecule has 4 heteroatoms. The molecule has 0 radical (unpaired) electrons. The first-order valence-corrected chi connectivity index (χ1v) is 7.27. The van der Waals surface area contributed by atoms with Gasteiger partial charge in [0, 0.05) is 11.1 Å². The second-order valence-corrected chi connectivity index (χ2v) is 5.38. The number of carbonyl (C=O) groups excluding carboxylic acids is 1. The van der Waals surface area contributed by atoms with Crippen LogP contribution in [0.3, 0.4) is 0 Å². The van der Waals surface area contributed by atoms with E-state index in [0.717, 1.165) is 34.6 Å². The lowest BCUT2D eigenvalue weighted by molar-refractivity contribution is 0.0934. The smallest absolute Gasteiger partial charge is 0.252 e. The second kappa shape index (κ2) is 5.22. The van der Waals surface area contributed by atoms with Crippen LogP contribution in [-0.4, -0.2) is 18.7 Å². The van der Waals surface area contributed by atoms with Crippen molar-refractivity contribution >= 4 is 12.0 Å². The van der Waals surface area contributed by atoms with E-state index >= 15 is 0 Å². The SMILES string of the molecule is O=C1N[C@@H](/C=C/c2cccc3c2OCO3)Cc2ccccc21. The van der Waals surface area contributed by atoms with Crippen LogP contribution in [0.25, 0.3) is 6.08 Å². The topological polar surface area (TPSA) is 47.6 Å². The number of nitrogens with one attached hydrogen (secondary N) is 1. The van der Waals surface area contributed by atoms with Crippen molar-refractivity contribution in [1.29, 1.82) is 0 Å². The molecule has 0 saturated carbocycles. The van der Waals surface area contributed by atoms with E-state index in [4.69, 9.17) is 9.47 Å². The molecule has 2 aromatic rings. The summed E-state index contributed by atoms with van der Waals surface area (Å²) in [6, 6.07) is 13.5. The van der Waals surface area contributed by atoms with Crippen LogP contribution < -0.4 is 14.8 Å². The Balaban J connectivity index is 1.58. The summed E-state index contributed by atoms with van der Waals surface area (Å²) in [6.07, 6.45) is 4.78. The van der Waals surface area contributed by atoms with Crippen LogP contribution in [0.15, 0.2) is 48.5 Å². The monoisotopic (exact) mass is 293 g/mol. The Bertz CT molecular complexity index is 767. The summed E-state index contributed by atoms with van der Waals surface area (Å²) < 4.78 is 10.9. The molecule has 0 saturated heterocycles. The zero-order valence-electron chi connectivity index (χ0n) is 11.9. The van der Waals surface area contributed by atoms with Crippen LogP contribution in [0.2, 0.25) is 0 Å².